The average molecular weight is 491 g/mol. The fourth-order valence-electron chi connectivity index (χ4n) is 3.73. The number of urea groups is 1. The standard InChI is InChI=1S/C24H22F5N5O/c25-20-3-1-2-16(22(20)26)15-33-10-12-34(13-11-33)21-9-8-19(14-30-21)32-23(35)31-18-6-4-17(5-7-18)24(27,28)29/h1-9,14H,10-13,15H2,(H2,31,32,35). The van der Waals surface area contributed by atoms with E-state index < -0.39 is 29.4 Å². The summed E-state index contributed by atoms with van der Waals surface area (Å²) in [7, 11) is 0. The highest BCUT2D eigenvalue weighted by Crippen LogP contribution is 2.29. The lowest BCUT2D eigenvalue weighted by Crippen LogP contribution is -2.46. The Morgan fingerprint density at radius 1 is 0.886 bits per heavy atom. The first kappa shape index (κ1) is 24.4. The molecular formula is C24H22F5N5O. The number of nitrogens with zero attached hydrogens (tertiary/aromatic N) is 3. The minimum absolute atomic E-state index is 0.219. The van der Waals surface area contributed by atoms with Gasteiger partial charge in [-0.1, -0.05) is 12.1 Å². The van der Waals surface area contributed by atoms with Crippen LogP contribution < -0.4 is 15.5 Å². The first-order valence-corrected chi connectivity index (χ1v) is 10.8. The number of carbonyl (C=O) groups excluding carboxylic acids is 1. The number of hydrogen-bond acceptors (Lipinski definition) is 4. The maximum absolute atomic E-state index is 13.9. The summed E-state index contributed by atoms with van der Waals surface area (Å²) in [5.74, 6) is -0.968. The Hall–Kier alpha value is -3.73. The van der Waals surface area contributed by atoms with E-state index in [4.69, 9.17) is 0 Å². The van der Waals surface area contributed by atoms with Crippen molar-refractivity contribution in [2.45, 2.75) is 12.7 Å². The van der Waals surface area contributed by atoms with Crippen LogP contribution in [0.25, 0.3) is 0 Å². The highest BCUT2D eigenvalue weighted by molar-refractivity contribution is 5.99. The summed E-state index contributed by atoms with van der Waals surface area (Å²) in [6.45, 7) is 2.90. The smallest absolute Gasteiger partial charge is 0.354 e. The second-order valence-corrected chi connectivity index (χ2v) is 8.04. The Kier molecular flexibility index (Phi) is 7.15. The van der Waals surface area contributed by atoms with E-state index in [-0.39, 0.29) is 5.69 Å². The molecule has 6 nitrogen and oxygen atoms in total. The topological polar surface area (TPSA) is 60.5 Å². The van der Waals surface area contributed by atoms with E-state index in [1.807, 2.05) is 9.80 Å². The molecule has 1 aliphatic rings. The van der Waals surface area contributed by atoms with E-state index in [0.717, 1.165) is 18.2 Å². The molecule has 2 aromatic carbocycles. The van der Waals surface area contributed by atoms with Crippen LogP contribution in [-0.4, -0.2) is 42.1 Å². The molecule has 184 valence electrons. The summed E-state index contributed by atoms with van der Waals surface area (Å²) in [6, 6.07) is 11.1. The van der Waals surface area contributed by atoms with Gasteiger partial charge in [0.1, 0.15) is 5.82 Å². The monoisotopic (exact) mass is 491 g/mol. The second kappa shape index (κ2) is 10.3. The molecule has 2 amide bonds. The Balaban J connectivity index is 1.27. The number of alkyl halides is 3. The number of halogens is 5. The molecule has 1 aliphatic heterocycles. The van der Waals surface area contributed by atoms with Crippen molar-refractivity contribution in [2.24, 2.45) is 0 Å². The lowest BCUT2D eigenvalue weighted by atomic mass is 10.1. The van der Waals surface area contributed by atoms with Gasteiger partial charge in [-0.3, -0.25) is 4.90 Å². The SMILES string of the molecule is O=C(Nc1ccc(C(F)(F)F)cc1)Nc1ccc(N2CCN(Cc3cccc(F)c3F)CC2)nc1. The molecule has 0 unspecified atom stereocenters. The van der Waals surface area contributed by atoms with Gasteiger partial charge in [-0.25, -0.2) is 18.6 Å². The van der Waals surface area contributed by atoms with Gasteiger partial charge in [0, 0.05) is 44.0 Å². The predicted molar refractivity (Wildman–Crippen MR) is 122 cm³/mol. The third-order valence-electron chi connectivity index (χ3n) is 5.60. The average Bonchev–Trinajstić information content (AvgIpc) is 2.83. The van der Waals surface area contributed by atoms with Crippen molar-refractivity contribution in [2.75, 3.05) is 41.7 Å². The Bertz CT molecular complexity index is 1160. The van der Waals surface area contributed by atoms with Crippen LogP contribution in [0.5, 0.6) is 0 Å². The number of aromatic nitrogens is 1. The Morgan fingerprint density at radius 2 is 1.54 bits per heavy atom. The van der Waals surface area contributed by atoms with Crippen molar-refractivity contribution in [1.82, 2.24) is 9.88 Å². The summed E-state index contributed by atoms with van der Waals surface area (Å²) in [6.07, 6.45) is -2.96. The van der Waals surface area contributed by atoms with Gasteiger partial charge in [-0.05, 0) is 42.5 Å². The quantitative estimate of drug-likeness (QED) is 0.473. The second-order valence-electron chi connectivity index (χ2n) is 8.04. The van der Waals surface area contributed by atoms with Crippen LogP contribution in [0, 0.1) is 11.6 Å². The van der Waals surface area contributed by atoms with Gasteiger partial charge in [0.05, 0.1) is 17.4 Å². The van der Waals surface area contributed by atoms with Crippen molar-refractivity contribution >= 4 is 23.2 Å². The molecule has 1 saturated heterocycles. The molecule has 1 fully saturated rings. The summed E-state index contributed by atoms with van der Waals surface area (Å²) >= 11 is 0. The number of carbonyl (C=O) groups is 1. The highest BCUT2D eigenvalue weighted by atomic mass is 19.4. The summed E-state index contributed by atoms with van der Waals surface area (Å²) in [4.78, 5) is 20.6. The van der Waals surface area contributed by atoms with E-state index >= 15 is 0 Å². The van der Waals surface area contributed by atoms with Crippen LogP contribution in [-0.2, 0) is 12.7 Å². The van der Waals surface area contributed by atoms with Crippen molar-refractivity contribution < 1.29 is 26.7 Å². The summed E-state index contributed by atoms with van der Waals surface area (Å²) < 4.78 is 65.2. The zero-order valence-corrected chi connectivity index (χ0v) is 18.4. The molecule has 35 heavy (non-hydrogen) atoms. The molecule has 2 heterocycles. The third kappa shape index (κ3) is 6.24. The highest BCUT2D eigenvalue weighted by Gasteiger charge is 2.30. The molecule has 0 aliphatic carbocycles. The third-order valence-corrected chi connectivity index (χ3v) is 5.60. The van der Waals surface area contributed by atoms with E-state index in [2.05, 4.69) is 15.6 Å². The molecule has 11 heteroatoms. The number of amides is 2. The molecule has 0 bridgehead atoms. The Labute approximate surface area is 198 Å². The largest absolute Gasteiger partial charge is 0.416 e. The summed E-state index contributed by atoms with van der Waals surface area (Å²) in [5.41, 5.74) is 0.154. The number of piperazine rings is 1. The molecule has 0 saturated carbocycles. The first-order chi connectivity index (χ1) is 16.7. The molecule has 0 spiro atoms. The molecular weight excluding hydrogens is 469 g/mol. The molecule has 0 radical (unpaired) electrons. The fourth-order valence-corrected chi connectivity index (χ4v) is 3.73. The molecule has 0 atom stereocenters. The summed E-state index contributed by atoms with van der Waals surface area (Å²) in [5, 5.41) is 5.05. The van der Waals surface area contributed by atoms with Crippen LogP contribution in [0.1, 0.15) is 11.1 Å². The van der Waals surface area contributed by atoms with Crippen LogP contribution in [0.15, 0.2) is 60.8 Å². The first-order valence-electron chi connectivity index (χ1n) is 10.8. The maximum atomic E-state index is 13.9. The van der Waals surface area contributed by atoms with Crippen LogP contribution in [0.2, 0.25) is 0 Å². The van der Waals surface area contributed by atoms with Crippen molar-refractivity contribution in [1.29, 1.82) is 0 Å². The predicted octanol–water partition coefficient (Wildman–Crippen LogP) is 5.34. The number of rotatable bonds is 5. The molecule has 1 aromatic heterocycles. The number of anilines is 3. The number of benzene rings is 2. The van der Waals surface area contributed by atoms with Crippen molar-refractivity contribution in [3.8, 4) is 0 Å². The lowest BCUT2D eigenvalue weighted by Gasteiger charge is -2.35. The van der Waals surface area contributed by atoms with Crippen LogP contribution >= 0.6 is 0 Å². The lowest BCUT2D eigenvalue weighted by molar-refractivity contribution is -0.137. The van der Waals surface area contributed by atoms with Gasteiger partial charge in [0.15, 0.2) is 11.6 Å². The molecule has 3 aromatic rings. The van der Waals surface area contributed by atoms with Crippen LogP contribution in [0.4, 0.5) is 43.9 Å². The van der Waals surface area contributed by atoms with Gasteiger partial charge in [0.25, 0.3) is 0 Å². The van der Waals surface area contributed by atoms with Gasteiger partial charge in [-0.2, -0.15) is 13.2 Å². The van der Waals surface area contributed by atoms with E-state index in [9.17, 15) is 26.7 Å². The minimum Gasteiger partial charge on any atom is -0.354 e. The van der Waals surface area contributed by atoms with Crippen molar-refractivity contribution in [3.05, 3.63) is 83.6 Å². The van der Waals surface area contributed by atoms with Crippen molar-refractivity contribution in [3.63, 3.8) is 0 Å². The zero-order chi connectivity index (χ0) is 25.0. The van der Waals surface area contributed by atoms with E-state index in [1.165, 1.54) is 24.4 Å². The van der Waals surface area contributed by atoms with Crippen LogP contribution in [0.3, 0.4) is 0 Å². The number of nitrogens with one attached hydrogen (secondary N) is 2. The van der Waals surface area contributed by atoms with E-state index in [1.54, 1.807) is 18.2 Å². The zero-order valence-electron chi connectivity index (χ0n) is 18.4. The van der Waals surface area contributed by atoms with E-state index in [0.29, 0.717) is 49.8 Å². The normalized spacial score (nSPS) is 14.6. The molecule has 4 rings (SSSR count). The number of pyridine rings is 1. The van der Waals surface area contributed by atoms with Gasteiger partial charge in [-0.15, -0.1) is 0 Å². The maximum Gasteiger partial charge on any atom is 0.416 e. The van der Waals surface area contributed by atoms with Gasteiger partial charge < -0.3 is 15.5 Å². The van der Waals surface area contributed by atoms with Gasteiger partial charge in [0.2, 0.25) is 0 Å². The van der Waals surface area contributed by atoms with Gasteiger partial charge >= 0.3 is 12.2 Å². The Morgan fingerprint density at radius 3 is 2.17 bits per heavy atom. The number of hydrogen-bond donors (Lipinski definition) is 2. The molecule has 2 N–H and O–H groups in total. The minimum atomic E-state index is -4.44. The fraction of sp³-hybridized carbons (Fsp3) is 0.250.